The lowest BCUT2D eigenvalue weighted by Gasteiger charge is -2.05. The molecule has 0 aliphatic rings. The number of allylic oxidation sites excluding steroid dienone is 2. The van der Waals surface area contributed by atoms with Gasteiger partial charge in [0.2, 0.25) is 0 Å². The molecule has 11 heteroatoms. The van der Waals surface area contributed by atoms with E-state index in [4.69, 9.17) is 0 Å². The maximum atomic E-state index is 14.4. The maximum absolute atomic E-state index is 14.4. The summed E-state index contributed by atoms with van der Waals surface area (Å²) >= 11 is 0. The third-order valence-corrected chi connectivity index (χ3v) is 9.92. The number of fused-ring (bicyclic) bond motifs is 2. The monoisotopic (exact) mass is 776 g/mol. The van der Waals surface area contributed by atoms with Gasteiger partial charge in [0.15, 0.2) is 17.3 Å². The van der Waals surface area contributed by atoms with Gasteiger partial charge in [-0.2, -0.15) is 0 Å². The summed E-state index contributed by atoms with van der Waals surface area (Å²) in [5.41, 5.74) is -1.75. The van der Waals surface area contributed by atoms with Gasteiger partial charge >= 0.3 is 5.97 Å². The number of carboxylic acids is 1. The molecule has 0 saturated heterocycles. The molecule has 0 saturated carbocycles. The highest BCUT2D eigenvalue weighted by Crippen LogP contribution is 2.27. The number of rotatable bonds is 11. The molecule has 0 aliphatic heterocycles. The van der Waals surface area contributed by atoms with E-state index in [9.17, 15) is 43.5 Å². The van der Waals surface area contributed by atoms with Gasteiger partial charge in [0, 0.05) is 22.3 Å². The zero-order valence-electron chi connectivity index (χ0n) is 30.7. The fourth-order valence-electron chi connectivity index (χ4n) is 6.93. The number of ketones is 3. The molecule has 8 aromatic rings. The van der Waals surface area contributed by atoms with Crippen molar-refractivity contribution in [3.8, 4) is 11.4 Å². The summed E-state index contributed by atoms with van der Waals surface area (Å²) in [6, 6.07) is 35.6. The Bertz CT molecular complexity index is 3090. The lowest BCUT2D eigenvalue weighted by atomic mass is 9.94. The molecule has 0 atom stereocenters. The topological polar surface area (TPSA) is 167 Å². The smallest absolute Gasteiger partial charge is 0.335 e. The molecule has 0 amide bonds. The molecule has 0 aliphatic carbocycles. The van der Waals surface area contributed by atoms with Crippen LogP contribution < -0.4 is 22.2 Å². The fourth-order valence-corrected chi connectivity index (χ4v) is 6.93. The molecule has 0 bridgehead atoms. The van der Waals surface area contributed by atoms with E-state index in [1.54, 1.807) is 97.1 Å². The second-order valence-electron chi connectivity index (χ2n) is 13.5. The van der Waals surface area contributed by atoms with Crippen LogP contribution in [0, 0.1) is 0 Å². The molecule has 2 heterocycles. The molecule has 284 valence electrons. The third kappa shape index (κ3) is 6.89. The van der Waals surface area contributed by atoms with Crippen molar-refractivity contribution in [3.05, 3.63) is 232 Å². The van der Waals surface area contributed by atoms with Gasteiger partial charge in [-0.05, 0) is 65.7 Å². The van der Waals surface area contributed by atoms with Gasteiger partial charge < -0.3 is 5.11 Å². The lowest BCUT2D eigenvalue weighted by Crippen LogP contribution is -2.24. The van der Waals surface area contributed by atoms with Crippen molar-refractivity contribution in [2.75, 3.05) is 0 Å². The van der Waals surface area contributed by atoms with Crippen LogP contribution in [0.15, 0.2) is 171 Å². The second kappa shape index (κ2) is 15.2. The Morgan fingerprint density at radius 3 is 1.22 bits per heavy atom. The summed E-state index contributed by atoms with van der Waals surface area (Å²) in [6.07, 6.45) is 5.96. The van der Waals surface area contributed by atoms with Crippen LogP contribution in [0.4, 0.5) is 0 Å². The Hall–Kier alpha value is -8.44. The highest BCUT2D eigenvalue weighted by Gasteiger charge is 2.29. The number of hydrogen-bond donors (Lipinski definition) is 1. The number of benzene rings is 6. The minimum Gasteiger partial charge on any atom is -0.478 e. The molecule has 0 radical (unpaired) electrons. The molecule has 6 aromatic carbocycles. The molecular formula is C48H28N2O9. The molecule has 2 aromatic heterocycles. The van der Waals surface area contributed by atoms with E-state index >= 15 is 0 Å². The number of hydrogen-bond acceptors (Lipinski definition) is 8. The number of aromatic nitrogens is 2. The van der Waals surface area contributed by atoms with Crippen molar-refractivity contribution in [1.82, 2.24) is 9.13 Å². The highest BCUT2D eigenvalue weighted by atomic mass is 16.4. The van der Waals surface area contributed by atoms with Crippen molar-refractivity contribution < 1.29 is 24.3 Å². The Kier molecular flexibility index (Phi) is 9.68. The quantitative estimate of drug-likeness (QED) is 0.112. The van der Waals surface area contributed by atoms with Gasteiger partial charge in [0.1, 0.15) is 0 Å². The van der Waals surface area contributed by atoms with Crippen LogP contribution in [0.2, 0.25) is 0 Å². The first kappa shape index (κ1) is 37.5. The Morgan fingerprint density at radius 1 is 0.441 bits per heavy atom. The van der Waals surface area contributed by atoms with E-state index in [-0.39, 0.29) is 55.6 Å². The van der Waals surface area contributed by atoms with Gasteiger partial charge in [-0.15, -0.1) is 0 Å². The standard InChI is InChI=1S/C48H28N2O9/c51-38(30-7-3-1-4-8-30)25-15-28-11-21-34(22-12-28)49-44(54)36-27-37-41(42(40(36)46(49)56)43(53)32-17-19-33(20-18-32)48(58)59)47(57)50(45(37)55)35-23-13-29(14-24-35)16-26-39(52)31-9-5-2-6-10-31/h1-27H,(H,58,59). The molecule has 59 heavy (non-hydrogen) atoms. The Morgan fingerprint density at radius 2 is 0.831 bits per heavy atom. The van der Waals surface area contributed by atoms with Crippen molar-refractivity contribution in [2.45, 2.75) is 0 Å². The normalized spacial score (nSPS) is 11.5. The van der Waals surface area contributed by atoms with Gasteiger partial charge in [0.05, 0.1) is 38.5 Å². The molecule has 0 fully saturated rings. The summed E-state index contributed by atoms with van der Waals surface area (Å²) in [7, 11) is 0. The van der Waals surface area contributed by atoms with Crippen LogP contribution in [0.5, 0.6) is 0 Å². The van der Waals surface area contributed by atoms with Crippen LogP contribution >= 0.6 is 0 Å². The maximum Gasteiger partial charge on any atom is 0.335 e. The number of carbonyl (C=O) groups excluding carboxylic acids is 3. The van der Waals surface area contributed by atoms with Crippen LogP contribution in [-0.2, 0) is 0 Å². The average Bonchev–Trinajstić information content (AvgIpc) is 3.67. The first-order valence-corrected chi connectivity index (χ1v) is 18.1. The van der Waals surface area contributed by atoms with Gasteiger partial charge in [-0.1, -0.05) is 109 Å². The zero-order chi connectivity index (χ0) is 41.4. The van der Waals surface area contributed by atoms with Crippen LogP contribution in [0.25, 0.3) is 45.1 Å². The Balaban J connectivity index is 1.24. The third-order valence-electron chi connectivity index (χ3n) is 9.92. The van der Waals surface area contributed by atoms with Gasteiger partial charge in [-0.3, -0.25) is 33.6 Å². The first-order chi connectivity index (χ1) is 28.5. The van der Waals surface area contributed by atoms with Crippen molar-refractivity contribution in [1.29, 1.82) is 0 Å². The molecule has 11 nitrogen and oxygen atoms in total. The predicted molar refractivity (Wildman–Crippen MR) is 224 cm³/mol. The van der Waals surface area contributed by atoms with E-state index < -0.39 is 39.6 Å². The van der Waals surface area contributed by atoms with Crippen molar-refractivity contribution in [3.63, 3.8) is 0 Å². The minimum atomic E-state index is -1.24. The van der Waals surface area contributed by atoms with E-state index in [0.29, 0.717) is 22.3 Å². The van der Waals surface area contributed by atoms with Crippen LogP contribution in [0.1, 0.15) is 58.1 Å². The molecule has 0 unspecified atom stereocenters. The summed E-state index contributed by atoms with van der Waals surface area (Å²) in [5, 5.41) is 8.11. The largest absolute Gasteiger partial charge is 0.478 e. The van der Waals surface area contributed by atoms with Crippen molar-refractivity contribution >= 4 is 57.0 Å². The molecule has 8 rings (SSSR count). The fraction of sp³-hybridized carbons (Fsp3) is 0. The predicted octanol–water partition coefficient (Wildman–Crippen LogP) is 6.61. The number of carboxylic acid groups (broad SMARTS) is 1. The number of carbonyl (C=O) groups is 4. The summed E-state index contributed by atoms with van der Waals surface area (Å²) in [6.45, 7) is 0. The second-order valence-corrected chi connectivity index (χ2v) is 13.5. The highest BCUT2D eigenvalue weighted by molar-refractivity contribution is 6.24. The Labute approximate surface area is 333 Å². The first-order valence-electron chi connectivity index (χ1n) is 18.1. The van der Waals surface area contributed by atoms with E-state index in [2.05, 4.69) is 0 Å². The summed E-state index contributed by atoms with van der Waals surface area (Å²) in [4.78, 5) is 108. The van der Waals surface area contributed by atoms with E-state index in [1.807, 2.05) is 0 Å². The average molecular weight is 777 g/mol. The van der Waals surface area contributed by atoms with Crippen molar-refractivity contribution in [2.24, 2.45) is 0 Å². The number of aromatic carboxylic acids is 1. The SMILES string of the molecule is O=C(O)c1ccc(C(=O)c2c3c(=O)n(-c4ccc(C=CC(=O)c5ccccc5)cc4)c(=O)c3cc3c(=O)n(-c4ccc(C=CC(=O)c5ccccc5)cc4)c(=O)c23)cc1. The zero-order valence-corrected chi connectivity index (χ0v) is 30.7. The van der Waals surface area contributed by atoms with Crippen LogP contribution in [-0.4, -0.2) is 37.6 Å². The van der Waals surface area contributed by atoms with E-state index in [1.165, 1.54) is 60.7 Å². The molecule has 0 spiro atoms. The van der Waals surface area contributed by atoms with Crippen LogP contribution in [0.3, 0.4) is 0 Å². The van der Waals surface area contributed by atoms with E-state index in [0.717, 1.165) is 15.2 Å². The van der Waals surface area contributed by atoms with Gasteiger partial charge in [0.25, 0.3) is 22.2 Å². The summed E-state index contributed by atoms with van der Waals surface area (Å²) < 4.78 is 1.68. The summed E-state index contributed by atoms with van der Waals surface area (Å²) in [5.74, 6) is -2.57. The van der Waals surface area contributed by atoms with Gasteiger partial charge in [-0.25, -0.2) is 13.9 Å². The number of nitrogens with zero attached hydrogens (tertiary/aromatic N) is 2. The molecule has 1 N–H and O–H groups in total. The molecular weight excluding hydrogens is 749 g/mol. The lowest BCUT2D eigenvalue weighted by molar-refractivity contribution is 0.0696. The minimum absolute atomic E-state index is 0.0922.